The van der Waals surface area contributed by atoms with Gasteiger partial charge < -0.3 is 20.1 Å². The van der Waals surface area contributed by atoms with Crippen molar-refractivity contribution < 1.29 is 22.6 Å². The molecule has 26 heavy (non-hydrogen) atoms. The van der Waals surface area contributed by atoms with Gasteiger partial charge in [-0.25, -0.2) is 0 Å². The predicted molar refractivity (Wildman–Crippen MR) is 96.5 cm³/mol. The van der Waals surface area contributed by atoms with Crippen LogP contribution in [0.3, 0.4) is 0 Å². The van der Waals surface area contributed by atoms with Crippen LogP contribution in [0, 0.1) is 5.92 Å². The Labute approximate surface area is 154 Å². The van der Waals surface area contributed by atoms with E-state index in [1.165, 1.54) is 0 Å². The highest BCUT2D eigenvalue weighted by Crippen LogP contribution is 2.14. The van der Waals surface area contributed by atoms with Gasteiger partial charge >= 0.3 is 6.18 Å². The first-order valence-electron chi connectivity index (χ1n) is 9.32. The van der Waals surface area contributed by atoms with E-state index >= 15 is 0 Å². The Kier molecular flexibility index (Phi) is 10.9. The standard InChI is InChI=1S/C17H33F3N4O2/c1-4-21-16(22-6-5-9-26-13-17(18,19)20)23-12-15(14(2)3)24-7-10-25-11-8-24/h14-15H,4-13H2,1-3H3,(H2,21,22,23). The van der Waals surface area contributed by atoms with Gasteiger partial charge in [0.2, 0.25) is 0 Å². The summed E-state index contributed by atoms with van der Waals surface area (Å²) in [6.45, 7) is 10.5. The van der Waals surface area contributed by atoms with Crippen LogP contribution in [0.2, 0.25) is 0 Å². The molecule has 1 atom stereocenters. The molecule has 0 bridgehead atoms. The summed E-state index contributed by atoms with van der Waals surface area (Å²) >= 11 is 0. The predicted octanol–water partition coefficient (Wildman–Crippen LogP) is 1.87. The molecule has 0 saturated carbocycles. The second-order valence-corrected chi connectivity index (χ2v) is 6.63. The minimum Gasteiger partial charge on any atom is -0.379 e. The zero-order valence-corrected chi connectivity index (χ0v) is 16.1. The topological polar surface area (TPSA) is 58.1 Å². The van der Waals surface area contributed by atoms with Gasteiger partial charge in [-0.05, 0) is 19.3 Å². The quantitative estimate of drug-likeness (QED) is 0.343. The molecule has 1 saturated heterocycles. The summed E-state index contributed by atoms with van der Waals surface area (Å²) in [5, 5.41) is 6.32. The molecule has 1 rings (SSSR count). The van der Waals surface area contributed by atoms with Crippen molar-refractivity contribution in [3.63, 3.8) is 0 Å². The number of nitrogens with one attached hydrogen (secondary N) is 2. The molecule has 0 radical (unpaired) electrons. The highest BCUT2D eigenvalue weighted by atomic mass is 19.4. The molecule has 1 unspecified atom stereocenters. The minimum absolute atomic E-state index is 0.0638. The highest BCUT2D eigenvalue weighted by Gasteiger charge is 2.27. The van der Waals surface area contributed by atoms with Crippen LogP contribution in [-0.2, 0) is 9.47 Å². The number of rotatable bonds is 10. The second-order valence-electron chi connectivity index (χ2n) is 6.63. The summed E-state index contributed by atoms with van der Waals surface area (Å²) in [5.41, 5.74) is 0. The number of ether oxygens (including phenoxy) is 2. The normalized spacial score (nSPS) is 18.2. The molecule has 0 spiro atoms. The summed E-state index contributed by atoms with van der Waals surface area (Å²) in [7, 11) is 0. The smallest absolute Gasteiger partial charge is 0.379 e. The van der Waals surface area contributed by atoms with Gasteiger partial charge in [0.05, 0.1) is 19.8 Å². The van der Waals surface area contributed by atoms with E-state index in [4.69, 9.17) is 4.74 Å². The minimum atomic E-state index is -4.27. The van der Waals surface area contributed by atoms with E-state index in [0.29, 0.717) is 37.4 Å². The van der Waals surface area contributed by atoms with Crippen LogP contribution in [0.5, 0.6) is 0 Å². The summed E-state index contributed by atoms with van der Waals surface area (Å²) in [6.07, 6.45) is -3.78. The van der Waals surface area contributed by atoms with E-state index in [2.05, 4.69) is 39.1 Å². The molecule has 154 valence electrons. The van der Waals surface area contributed by atoms with Gasteiger partial charge in [-0.15, -0.1) is 0 Å². The first kappa shape index (κ1) is 23.0. The van der Waals surface area contributed by atoms with Gasteiger partial charge in [0.25, 0.3) is 0 Å². The Morgan fingerprint density at radius 1 is 1.23 bits per heavy atom. The molecule has 0 aromatic rings. The molecule has 0 amide bonds. The number of aliphatic imine (C=N–C) groups is 1. The number of halogens is 3. The fourth-order valence-corrected chi connectivity index (χ4v) is 2.75. The molecule has 1 aliphatic heterocycles. The van der Waals surface area contributed by atoms with Crippen LogP contribution < -0.4 is 10.6 Å². The third-order valence-electron chi connectivity index (χ3n) is 4.09. The largest absolute Gasteiger partial charge is 0.411 e. The van der Waals surface area contributed by atoms with Crippen molar-refractivity contribution in [2.45, 2.75) is 39.4 Å². The van der Waals surface area contributed by atoms with Crippen molar-refractivity contribution in [3.05, 3.63) is 0 Å². The Hall–Kier alpha value is -1.06. The van der Waals surface area contributed by atoms with Gasteiger partial charge in [-0.1, -0.05) is 13.8 Å². The molecular weight excluding hydrogens is 349 g/mol. The van der Waals surface area contributed by atoms with E-state index < -0.39 is 12.8 Å². The lowest BCUT2D eigenvalue weighted by atomic mass is 10.0. The third kappa shape index (κ3) is 10.2. The maximum absolute atomic E-state index is 12.0. The first-order chi connectivity index (χ1) is 12.3. The van der Waals surface area contributed by atoms with Crippen molar-refractivity contribution in [2.75, 3.05) is 59.2 Å². The summed E-state index contributed by atoms with van der Waals surface area (Å²) < 4.78 is 46.0. The van der Waals surface area contributed by atoms with Gasteiger partial charge in [-0.3, -0.25) is 9.89 Å². The number of guanidine groups is 1. The summed E-state index contributed by atoms with van der Waals surface area (Å²) in [5.74, 6) is 1.15. The third-order valence-corrected chi connectivity index (χ3v) is 4.09. The molecule has 2 N–H and O–H groups in total. The van der Waals surface area contributed by atoms with Crippen molar-refractivity contribution >= 4 is 5.96 Å². The van der Waals surface area contributed by atoms with Crippen LogP contribution in [0.4, 0.5) is 13.2 Å². The lowest BCUT2D eigenvalue weighted by molar-refractivity contribution is -0.173. The lowest BCUT2D eigenvalue weighted by Crippen LogP contribution is -2.48. The average molecular weight is 382 g/mol. The van der Waals surface area contributed by atoms with E-state index in [1.807, 2.05) is 6.92 Å². The van der Waals surface area contributed by atoms with Crippen LogP contribution in [-0.4, -0.2) is 82.2 Å². The molecule has 1 heterocycles. The Balaban J connectivity index is 2.40. The molecule has 0 aromatic carbocycles. The van der Waals surface area contributed by atoms with Crippen molar-refractivity contribution in [2.24, 2.45) is 10.9 Å². The first-order valence-corrected chi connectivity index (χ1v) is 9.32. The Morgan fingerprint density at radius 2 is 1.92 bits per heavy atom. The molecule has 0 aliphatic carbocycles. The van der Waals surface area contributed by atoms with E-state index in [-0.39, 0.29) is 6.61 Å². The number of hydrogen-bond acceptors (Lipinski definition) is 4. The Bertz CT molecular complexity index is 400. The van der Waals surface area contributed by atoms with Gasteiger partial charge in [0, 0.05) is 38.8 Å². The van der Waals surface area contributed by atoms with Crippen molar-refractivity contribution in [1.82, 2.24) is 15.5 Å². The summed E-state index contributed by atoms with van der Waals surface area (Å²) in [6, 6.07) is 0.337. The van der Waals surface area contributed by atoms with E-state index in [0.717, 1.165) is 32.8 Å². The maximum Gasteiger partial charge on any atom is 0.411 e. The van der Waals surface area contributed by atoms with Gasteiger partial charge in [0.1, 0.15) is 6.61 Å². The number of hydrogen-bond donors (Lipinski definition) is 2. The highest BCUT2D eigenvalue weighted by molar-refractivity contribution is 5.79. The Morgan fingerprint density at radius 3 is 2.50 bits per heavy atom. The molecule has 1 fully saturated rings. The fraction of sp³-hybridized carbons (Fsp3) is 0.941. The van der Waals surface area contributed by atoms with Crippen molar-refractivity contribution in [3.8, 4) is 0 Å². The van der Waals surface area contributed by atoms with Crippen LogP contribution >= 0.6 is 0 Å². The van der Waals surface area contributed by atoms with Gasteiger partial charge in [-0.2, -0.15) is 13.2 Å². The number of nitrogens with zero attached hydrogens (tertiary/aromatic N) is 2. The molecule has 1 aliphatic rings. The number of morpholine rings is 1. The molecular formula is C17H33F3N4O2. The maximum atomic E-state index is 12.0. The van der Waals surface area contributed by atoms with Crippen LogP contribution in [0.1, 0.15) is 27.2 Å². The van der Waals surface area contributed by atoms with Crippen LogP contribution in [0.25, 0.3) is 0 Å². The fourth-order valence-electron chi connectivity index (χ4n) is 2.75. The zero-order chi connectivity index (χ0) is 19.4. The van der Waals surface area contributed by atoms with E-state index in [9.17, 15) is 13.2 Å². The van der Waals surface area contributed by atoms with Gasteiger partial charge in [0.15, 0.2) is 5.96 Å². The SMILES string of the molecule is CCNC(=NCC(C(C)C)N1CCOCC1)NCCCOCC(F)(F)F. The average Bonchev–Trinajstić information content (AvgIpc) is 2.57. The number of alkyl halides is 3. The monoisotopic (exact) mass is 382 g/mol. The lowest BCUT2D eigenvalue weighted by Gasteiger charge is -2.36. The molecule has 9 heteroatoms. The second kappa shape index (κ2) is 12.3. The summed E-state index contributed by atoms with van der Waals surface area (Å²) in [4.78, 5) is 7.07. The van der Waals surface area contributed by atoms with Crippen LogP contribution in [0.15, 0.2) is 4.99 Å². The van der Waals surface area contributed by atoms with E-state index in [1.54, 1.807) is 0 Å². The molecule has 6 nitrogen and oxygen atoms in total. The zero-order valence-electron chi connectivity index (χ0n) is 16.1. The molecule has 0 aromatic heterocycles. The van der Waals surface area contributed by atoms with Crippen molar-refractivity contribution in [1.29, 1.82) is 0 Å².